The second-order valence-electron chi connectivity index (χ2n) is 6.11. The molecule has 7 nitrogen and oxygen atoms in total. The number of carbonyl (C=O) groups excluding carboxylic acids is 3. The summed E-state index contributed by atoms with van der Waals surface area (Å²) in [6, 6.07) is 12.7. The number of carbonyl (C=O) groups is 3. The van der Waals surface area contributed by atoms with Crippen LogP contribution in [0, 0.1) is 11.7 Å². The van der Waals surface area contributed by atoms with Crippen molar-refractivity contribution >= 4 is 23.5 Å². The molecule has 0 spiro atoms. The van der Waals surface area contributed by atoms with Crippen LogP contribution in [-0.4, -0.2) is 23.9 Å². The molecule has 8 heteroatoms. The Hall–Kier alpha value is -3.42. The van der Waals surface area contributed by atoms with Crippen molar-refractivity contribution in [1.82, 2.24) is 16.2 Å². The summed E-state index contributed by atoms with van der Waals surface area (Å²) < 4.78 is 13.6. The molecule has 4 N–H and O–H groups in total. The zero-order valence-corrected chi connectivity index (χ0v) is 15.0. The van der Waals surface area contributed by atoms with E-state index in [0.29, 0.717) is 5.69 Å². The summed E-state index contributed by atoms with van der Waals surface area (Å²) in [5.41, 5.74) is 4.73. The van der Waals surface area contributed by atoms with E-state index in [1.165, 1.54) is 18.2 Å². The van der Waals surface area contributed by atoms with Crippen LogP contribution in [0.1, 0.15) is 24.2 Å². The molecule has 4 amide bonds. The van der Waals surface area contributed by atoms with Gasteiger partial charge in [-0.15, -0.1) is 0 Å². The van der Waals surface area contributed by atoms with E-state index < -0.39 is 29.7 Å². The summed E-state index contributed by atoms with van der Waals surface area (Å²) in [7, 11) is 0. The first-order chi connectivity index (χ1) is 12.9. The fourth-order valence-corrected chi connectivity index (χ4v) is 2.27. The van der Waals surface area contributed by atoms with Crippen LogP contribution in [0.15, 0.2) is 54.6 Å². The Kier molecular flexibility index (Phi) is 6.87. The molecule has 1 unspecified atom stereocenters. The number of halogens is 1. The normalized spacial score (nSPS) is 11.4. The van der Waals surface area contributed by atoms with E-state index >= 15 is 0 Å². The average Bonchev–Trinajstić information content (AvgIpc) is 2.65. The number of para-hydroxylation sites is 1. The lowest BCUT2D eigenvalue weighted by atomic mass is 10.0. The summed E-state index contributed by atoms with van der Waals surface area (Å²) in [5, 5.41) is 5.17. The van der Waals surface area contributed by atoms with Crippen molar-refractivity contribution in [3.05, 3.63) is 66.0 Å². The predicted molar refractivity (Wildman–Crippen MR) is 99.2 cm³/mol. The lowest BCUT2D eigenvalue weighted by Crippen LogP contribution is -2.55. The topological polar surface area (TPSA) is 99.3 Å². The summed E-state index contributed by atoms with van der Waals surface area (Å²) in [5.74, 6) is -2.38. The third kappa shape index (κ3) is 5.81. The largest absolute Gasteiger partial charge is 0.326 e. The highest BCUT2D eigenvalue weighted by Crippen LogP contribution is 2.07. The van der Waals surface area contributed by atoms with E-state index in [-0.39, 0.29) is 11.5 Å². The minimum Gasteiger partial charge on any atom is -0.326 e. The van der Waals surface area contributed by atoms with E-state index in [1.807, 2.05) is 6.07 Å². The second-order valence-corrected chi connectivity index (χ2v) is 6.11. The molecule has 0 aliphatic rings. The number of rotatable bonds is 5. The monoisotopic (exact) mass is 372 g/mol. The first-order valence-electron chi connectivity index (χ1n) is 8.35. The molecular weight excluding hydrogens is 351 g/mol. The number of hydrogen-bond acceptors (Lipinski definition) is 3. The third-order valence-corrected chi connectivity index (χ3v) is 3.69. The number of hydrogen-bond donors (Lipinski definition) is 4. The third-order valence-electron chi connectivity index (χ3n) is 3.69. The van der Waals surface area contributed by atoms with Gasteiger partial charge in [0.15, 0.2) is 0 Å². The zero-order valence-electron chi connectivity index (χ0n) is 15.0. The maximum Gasteiger partial charge on any atom is 0.319 e. The molecule has 0 bridgehead atoms. The molecule has 2 aromatic rings. The highest BCUT2D eigenvalue weighted by atomic mass is 19.1. The molecule has 0 aliphatic carbocycles. The van der Waals surface area contributed by atoms with Gasteiger partial charge in [0.2, 0.25) is 0 Å². The van der Waals surface area contributed by atoms with Gasteiger partial charge in [0.25, 0.3) is 11.8 Å². The van der Waals surface area contributed by atoms with Crippen molar-refractivity contribution in [2.24, 2.45) is 5.92 Å². The molecule has 1 atom stereocenters. The fourth-order valence-electron chi connectivity index (χ4n) is 2.27. The van der Waals surface area contributed by atoms with E-state index in [0.717, 1.165) is 6.07 Å². The van der Waals surface area contributed by atoms with Gasteiger partial charge in [-0.2, -0.15) is 0 Å². The van der Waals surface area contributed by atoms with Crippen LogP contribution < -0.4 is 21.5 Å². The van der Waals surface area contributed by atoms with Gasteiger partial charge in [0.1, 0.15) is 11.9 Å². The average molecular weight is 372 g/mol. The number of urea groups is 1. The van der Waals surface area contributed by atoms with E-state index in [9.17, 15) is 18.8 Å². The lowest BCUT2D eigenvalue weighted by Gasteiger charge is -2.22. The van der Waals surface area contributed by atoms with Gasteiger partial charge >= 0.3 is 6.03 Å². The maximum absolute atomic E-state index is 13.6. The minimum atomic E-state index is -0.908. The van der Waals surface area contributed by atoms with Crippen LogP contribution >= 0.6 is 0 Å². The number of nitrogens with one attached hydrogen (secondary N) is 4. The van der Waals surface area contributed by atoms with Crippen molar-refractivity contribution in [3.8, 4) is 0 Å². The van der Waals surface area contributed by atoms with Crippen LogP contribution in [0.4, 0.5) is 14.9 Å². The number of amides is 4. The first kappa shape index (κ1) is 19.9. The van der Waals surface area contributed by atoms with Gasteiger partial charge in [0, 0.05) is 5.69 Å². The van der Waals surface area contributed by atoms with E-state index in [4.69, 9.17) is 0 Å². The van der Waals surface area contributed by atoms with Crippen LogP contribution in [0.25, 0.3) is 0 Å². The van der Waals surface area contributed by atoms with Gasteiger partial charge < -0.3 is 10.6 Å². The maximum atomic E-state index is 13.6. The van der Waals surface area contributed by atoms with Crippen molar-refractivity contribution < 1.29 is 18.8 Å². The molecule has 0 radical (unpaired) electrons. The van der Waals surface area contributed by atoms with Crippen molar-refractivity contribution in [2.45, 2.75) is 19.9 Å². The SMILES string of the molecule is CC(C)C(NC(=O)Nc1ccccc1)C(=O)NNC(=O)c1ccccc1F. The van der Waals surface area contributed by atoms with Gasteiger partial charge in [0.05, 0.1) is 5.56 Å². The van der Waals surface area contributed by atoms with Crippen LogP contribution in [0.5, 0.6) is 0 Å². The number of anilines is 1. The van der Waals surface area contributed by atoms with Gasteiger partial charge in [-0.3, -0.25) is 20.4 Å². The molecule has 0 heterocycles. The van der Waals surface area contributed by atoms with Crippen molar-refractivity contribution in [1.29, 1.82) is 0 Å². The summed E-state index contributed by atoms with van der Waals surface area (Å²) in [6.45, 7) is 3.48. The highest BCUT2D eigenvalue weighted by Gasteiger charge is 2.25. The van der Waals surface area contributed by atoms with Crippen LogP contribution in [0.3, 0.4) is 0 Å². The molecule has 27 heavy (non-hydrogen) atoms. The Morgan fingerprint density at radius 3 is 2.15 bits per heavy atom. The molecule has 0 aromatic heterocycles. The van der Waals surface area contributed by atoms with Crippen LogP contribution in [-0.2, 0) is 4.79 Å². The molecule has 0 fully saturated rings. The van der Waals surface area contributed by atoms with Crippen molar-refractivity contribution in [2.75, 3.05) is 5.32 Å². The Labute approximate surface area is 156 Å². The smallest absolute Gasteiger partial charge is 0.319 e. The lowest BCUT2D eigenvalue weighted by molar-refractivity contribution is -0.124. The van der Waals surface area contributed by atoms with Crippen LogP contribution in [0.2, 0.25) is 0 Å². The molecule has 142 valence electrons. The molecule has 2 aromatic carbocycles. The van der Waals surface area contributed by atoms with Gasteiger partial charge in [-0.25, -0.2) is 9.18 Å². The number of benzene rings is 2. The first-order valence-corrected chi connectivity index (χ1v) is 8.35. The summed E-state index contributed by atoms with van der Waals surface area (Å²) >= 11 is 0. The Morgan fingerprint density at radius 1 is 0.889 bits per heavy atom. The second kappa shape index (κ2) is 9.33. The quantitative estimate of drug-likeness (QED) is 0.607. The Balaban J connectivity index is 1.93. The molecule has 2 rings (SSSR count). The molecule has 0 saturated carbocycles. The zero-order chi connectivity index (χ0) is 19.8. The number of hydrazine groups is 1. The summed E-state index contributed by atoms with van der Waals surface area (Å²) in [6.07, 6.45) is 0. The molecular formula is C19H21FN4O3. The van der Waals surface area contributed by atoms with Crippen molar-refractivity contribution in [3.63, 3.8) is 0 Å². The van der Waals surface area contributed by atoms with Gasteiger partial charge in [-0.05, 0) is 30.2 Å². The fraction of sp³-hybridized carbons (Fsp3) is 0.211. The standard InChI is InChI=1S/C19H21FN4O3/c1-12(2)16(22-19(27)21-13-8-4-3-5-9-13)18(26)24-23-17(25)14-10-6-7-11-15(14)20/h3-12,16H,1-2H3,(H,23,25)(H,24,26)(H2,21,22,27). The molecule has 0 saturated heterocycles. The molecule has 0 aliphatic heterocycles. The minimum absolute atomic E-state index is 0.200. The summed E-state index contributed by atoms with van der Waals surface area (Å²) in [4.78, 5) is 36.4. The van der Waals surface area contributed by atoms with Gasteiger partial charge in [-0.1, -0.05) is 44.2 Å². The Morgan fingerprint density at radius 2 is 1.52 bits per heavy atom. The van der Waals surface area contributed by atoms with E-state index in [1.54, 1.807) is 38.1 Å². The predicted octanol–water partition coefficient (Wildman–Crippen LogP) is 2.43. The van der Waals surface area contributed by atoms with E-state index in [2.05, 4.69) is 21.5 Å². The highest BCUT2D eigenvalue weighted by molar-refractivity contribution is 5.97. The Bertz CT molecular complexity index is 812.